The first-order valence-electron chi connectivity index (χ1n) is 6.08. The largest absolute Gasteiger partial charge is 0.544 e. The summed E-state index contributed by atoms with van der Waals surface area (Å²) in [6, 6.07) is 5.47. The van der Waals surface area contributed by atoms with Crippen molar-refractivity contribution in [3.8, 4) is 11.5 Å². The highest BCUT2D eigenvalue weighted by Crippen LogP contribution is 2.26. The van der Waals surface area contributed by atoms with Gasteiger partial charge >= 0.3 is 0 Å². The van der Waals surface area contributed by atoms with Crippen LogP contribution in [0.1, 0.15) is 10.4 Å². The lowest BCUT2D eigenvalue weighted by atomic mass is 10.2. The van der Waals surface area contributed by atoms with Crippen molar-refractivity contribution in [2.75, 3.05) is 0 Å². The molecule has 0 saturated heterocycles. The van der Waals surface area contributed by atoms with Gasteiger partial charge in [-0.1, -0.05) is 0 Å². The Balaban J connectivity index is 3.00. The van der Waals surface area contributed by atoms with Gasteiger partial charge in [0, 0.05) is 0 Å². The Labute approximate surface area is 111 Å². The van der Waals surface area contributed by atoms with Crippen LogP contribution in [-0.4, -0.2) is 22.9 Å². The van der Waals surface area contributed by atoms with Gasteiger partial charge in [-0.05, 0) is 57.5 Å². The molecule has 0 spiro atoms. The summed E-state index contributed by atoms with van der Waals surface area (Å²) in [5.41, 5.74) is 0.563. The van der Waals surface area contributed by atoms with Crippen LogP contribution in [0, 0.1) is 0 Å². The van der Waals surface area contributed by atoms with Gasteiger partial charge in [0.25, 0.3) is 0 Å². The highest BCUT2D eigenvalue weighted by Gasteiger charge is 2.20. The monoisotopic (exact) mass is 282 g/mol. The van der Waals surface area contributed by atoms with Gasteiger partial charge in [-0.25, -0.2) is 0 Å². The minimum Gasteiger partial charge on any atom is -0.544 e. The molecule has 0 radical (unpaired) electrons. The minimum atomic E-state index is -1.70. The summed E-state index contributed by atoms with van der Waals surface area (Å²) in [7, 11) is -3.35. The molecule has 1 aromatic rings. The molecule has 100 valence electrons. The van der Waals surface area contributed by atoms with Gasteiger partial charge in [0.15, 0.2) is 6.29 Å². The second kappa shape index (κ2) is 5.28. The fraction of sp³-hybridized carbons (Fsp3) is 0.462. The summed E-state index contributed by atoms with van der Waals surface area (Å²) in [6.45, 7) is 12.6. The Hall–Kier alpha value is -1.08. The molecule has 5 heteroatoms. The summed E-state index contributed by atoms with van der Waals surface area (Å²) < 4.78 is 11.7. The summed E-state index contributed by atoms with van der Waals surface area (Å²) in [5.74, 6) is 1.41. The molecule has 0 aliphatic carbocycles. The highest BCUT2D eigenvalue weighted by molar-refractivity contribution is 6.70. The normalized spacial score (nSPS) is 12.1. The Bertz CT molecular complexity index is 431. The molecule has 18 heavy (non-hydrogen) atoms. The van der Waals surface area contributed by atoms with E-state index in [1.165, 1.54) is 0 Å². The molecule has 0 unspecified atom stereocenters. The molecule has 1 aromatic carbocycles. The summed E-state index contributed by atoms with van der Waals surface area (Å²) in [5, 5.41) is 0. The highest BCUT2D eigenvalue weighted by atomic mass is 28.4. The lowest BCUT2D eigenvalue weighted by molar-refractivity contribution is 0.112. The molecule has 0 aromatic heterocycles. The second-order valence-electron chi connectivity index (χ2n) is 6.25. The Morgan fingerprint density at radius 3 is 1.94 bits per heavy atom. The quantitative estimate of drug-likeness (QED) is 0.606. The molecular weight excluding hydrogens is 260 g/mol. The van der Waals surface area contributed by atoms with Crippen LogP contribution in [0.2, 0.25) is 39.3 Å². The van der Waals surface area contributed by atoms with E-state index in [0.29, 0.717) is 11.3 Å². The van der Waals surface area contributed by atoms with Crippen molar-refractivity contribution < 1.29 is 13.6 Å². The number of hydrogen-bond donors (Lipinski definition) is 0. The van der Waals surface area contributed by atoms with E-state index in [1.807, 2.05) is 12.1 Å². The van der Waals surface area contributed by atoms with Crippen molar-refractivity contribution in [3.05, 3.63) is 23.8 Å². The van der Waals surface area contributed by atoms with Crippen LogP contribution in [0.25, 0.3) is 0 Å². The maximum atomic E-state index is 11.1. The maximum Gasteiger partial charge on any atom is 0.242 e. The molecule has 0 aliphatic heterocycles. The maximum absolute atomic E-state index is 11.1. The van der Waals surface area contributed by atoms with Crippen LogP contribution >= 0.6 is 0 Å². The number of aldehydes is 1. The Morgan fingerprint density at radius 1 is 0.944 bits per heavy atom. The molecule has 0 bridgehead atoms. The van der Waals surface area contributed by atoms with Gasteiger partial charge in [0.1, 0.15) is 11.5 Å². The zero-order valence-corrected chi connectivity index (χ0v) is 14.0. The molecule has 1 rings (SSSR count). The molecule has 0 aliphatic rings. The Kier molecular flexibility index (Phi) is 4.39. The van der Waals surface area contributed by atoms with E-state index in [0.717, 1.165) is 12.0 Å². The molecule has 0 heterocycles. The molecule has 0 fully saturated rings. The van der Waals surface area contributed by atoms with Crippen molar-refractivity contribution in [2.45, 2.75) is 39.3 Å². The van der Waals surface area contributed by atoms with Gasteiger partial charge < -0.3 is 8.85 Å². The van der Waals surface area contributed by atoms with Gasteiger partial charge in [-0.15, -0.1) is 0 Å². The first-order chi connectivity index (χ1) is 8.11. The zero-order valence-electron chi connectivity index (χ0n) is 12.0. The van der Waals surface area contributed by atoms with Crippen LogP contribution in [0.15, 0.2) is 18.2 Å². The molecule has 0 atom stereocenters. The number of carbonyl (C=O) groups is 1. The smallest absolute Gasteiger partial charge is 0.242 e. The number of hydrogen-bond acceptors (Lipinski definition) is 3. The Morgan fingerprint density at radius 2 is 1.50 bits per heavy atom. The van der Waals surface area contributed by atoms with Crippen LogP contribution in [-0.2, 0) is 0 Å². The van der Waals surface area contributed by atoms with Crippen molar-refractivity contribution in [3.63, 3.8) is 0 Å². The van der Waals surface area contributed by atoms with Gasteiger partial charge in [-0.3, -0.25) is 4.79 Å². The molecule has 0 N–H and O–H groups in total. The standard InChI is InChI=1S/C13H22O3Si2/c1-17(2,3)15-12-7-8-13(11(9-12)10-14)16-18(4,5)6/h7-10H,1-6H3. The van der Waals surface area contributed by atoms with Gasteiger partial charge in [0.05, 0.1) is 5.56 Å². The van der Waals surface area contributed by atoms with Gasteiger partial charge in [0.2, 0.25) is 16.6 Å². The van der Waals surface area contributed by atoms with Crippen LogP contribution in [0.4, 0.5) is 0 Å². The molecule has 0 amide bonds. The lowest BCUT2D eigenvalue weighted by Crippen LogP contribution is -2.30. The number of carbonyl (C=O) groups excluding carboxylic acids is 1. The van der Waals surface area contributed by atoms with Crippen molar-refractivity contribution >= 4 is 22.9 Å². The number of benzene rings is 1. The first kappa shape index (κ1) is 15.0. The third-order valence-electron chi connectivity index (χ3n) is 1.95. The summed E-state index contributed by atoms with van der Waals surface area (Å²) >= 11 is 0. The third-order valence-corrected chi connectivity index (χ3v) is 3.63. The number of rotatable bonds is 5. The molecule has 3 nitrogen and oxygen atoms in total. The third kappa shape index (κ3) is 5.06. The fourth-order valence-corrected chi connectivity index (χ4v) is 3.14. The van der Waals surface area contributed by atoms with E-state index in [1.54, 1.807) is 6.07 Å². The average molecular weight is 282 g/mol. The second-order valence-corrected chi connectivity index (χ2v) is 15.1. The fourth-order valence-electron chi connectivity index (χ4n) is 1.46. The lowest BCUT2D eigenvalue weighted by Gasteiger charge is -2.23. The van der Waals surface area contributed by atoms with Gasteiger partial charge in [-0.2, -0.15) is 0 Å². The molecule has 0 saturated carbocycles. The van der Waals surface area contributed by atoms with Crippen molar-refractivity contribution in [1.29, 1.82) is 0 Å². The van der Waals surface area contributed by atoms with Crippen molar-refractivity contribution in [2.24, 2.45) is 0 Å². The van der Waals surface area contributed by atoms with E-state index in [9.17, 15) is 4.79 Å². The zero-order chi connectivity index (χ0) is 14.0. The van der Waals surface area contributed by atoms with E-state index >= 15 is 0 Å². The molecular formula is C13H22O3Si2. The summed E-state index contributed by atoms with van der Waals surface area (Å²) in [6.07, 6.45) is 0.826. The van der Waals surface area contributed by atoms with Crippen molar-refractivity contribution in [1.82, 2.24) is 0 Å². The van der Waals surface area contributed by atoms with Crippen LogP contribution < -0.4 is 8.85 Å². The van der Waals surface area contributed by atoms with E-state index in [2.05, 4.69) is 39.3 Å². The predicted octanol–water partition coefficient (Wildman–Crippen LogP) is 3.93. The van der Waals surface area contributed by atoms with Crippen LogP contribution in [0.5, 0.6) is 11.5 Å². The first-order valence-corrected chi connectivity index (χ1v) is 12.9. The summed E-state index contributed by atoms with van der Waals surface area (Å²) in [4.78, 5) is 11.1. The minimum absolute atomic E-state index is 0.563. The SMILES string of the molecule is C[Si](C)(C)Oc1ccc(O[Si](C)(C)C)c(C=O)c1. The average Bonchev–Trinajstić information content (AvgIpc) is 2.16. The van der Waals surface area contributed by atoms with Crippen LogP contribution in [0.3, 0.4) is 0 Å². The topological polar surface area (TPSA) is 35.5 Å². The van der Waals surface area contributed by atoms with E-state index in [-0.39, 0.29) is 0 Å². The van der Waals surface area contributed by atoms with E-state index in [4.69, 9.17) is 8.85 Å². The predicted molar refractivity (Wildman–Crippen MR) is 79.8 cm³/mol. The van der Waals surface area contributed by atoms with E-state index < -0.39 is 16.6 Å².